The van der Waals surface area contributed by atoms with E-state index >= 15 is 0 Å². The lowest BCUT2D eigenvalue weighted by Gasteiger charge is -2.35. The molecule has 3 N–H and O–H groups in total. The van der Waals surface area contributed by atoms with Crippen LogP contribution in [0.25, 0.3) is 0 Å². The fourth-order valence-electron chi connectivity index (χ4n) is 1.91. The summed E-state index contributed by atoms with van der Waals surface area (Å²) in [6, 6.07) is 0. The Labute approximate surface area is 88.5 Å². The van der Waals surface area contributed by atoms with Crippen LogP contribution >= 0.6 is 0 Å². The number of carboxylic acid groups (broad SMARTS) is 1. The van der Waals surface area contributed by atoms with E-state index < -0.39 is 17.5 Å². The number of hydrogen-bond acceptors (Lipinski definition) is 3. The molecule has 1 rings (SSSR count). The maximum Gasteiger partial charge on any atom is 0.306 e. The Hall–Kier alpha value is -1.29. The third-order valence-corrected chi connectivity index (χ3v) is 3.05. The van der Waals surface area contributed by atoms with Gasteiger partial charge in [-0.25, -0.2) is 0 Å². The van der Waals surface area contributed by atoms with Crippen LogP contribution in [0.2, 0.25) is 0 Å². The van der Waals surface area contributed by atoms with Crippen molar-refractivity contribution in [1.29, 1.82) is 0 Å². The van der Waals surface area contributed by atoms with Crippen LogP contribution in [0.5, 0.6) is 0 Å². The molecule has 0 heterocycles. The molecule has 0 amide bonds. The van der Waals surface area contributed by atoms with Crippen LogP contribution in [-0.4, -0.2) is 26.9 Å². The van der Waals surface area contributed by atoms with Gasteiger partial charge in [0.05, 0.1) is 6.42 Å². The van der Waals surface area contributed by atoms with Crippen molar-refractivity contribution in [3.05, 3.63) is 23.0 Å². The molecule has 1 aliphatic rings. The van der Waals surface area contributed by atoms with Crippen molar-refractivity contribution in [2.45, 2.75) is 32.8 Å². The SMILES string of the molecule is CC1=CC(O)(CC(=O)O)C(C)C(C)=C1O. The lowest BCUT2D eigenvalue weighted by molar-refractivity contribution is -0.142. The van der Waals surface area contributed by atoms with Crippen molar-refractivity contribution in [2.75, 3.05) is 0 Å². The Balaban J connectivity index is 3.11. The van der Waals surface area contributed by atoms with E-state index in [0.717, 1.165) is 0 Å². The Morgan fingerprint density at radius 3 is 2.53 bits per heavy atom. The highest BCUT2D eigenvalue weighted by molar-refractivity contribution is 5.69. The third-order valence-electron chi connectivity index (χ3n) is 3.05. The monoisotopic (exact) mass is 212 g/mol. The Morgan fingerprint density at radius 2 is 2.07 bits per heavy atom. The average Bonchev–Trinajstić information content (AvgIpc) is 2.10. The highest BCUT2D eigenvalue weighted by Gasteiger charge is 2.39. The first-order valence-electron chi connectivity index (χ1n) is 4.81. The van der Waals surface area contributed by atoms with E-state index in [-0.39, 0.29) is 12.2 Å². The smallest absolute Gasteiger partial charge is 0.306 e. The topological polar surface area (TPSA) is 77.8 Å². The van der Waals surface area contributed by atoms with Gasteiger partial charge in [0, 0.05) is 5.92 Å². The molecule has 84 valence electrons. The Morgan fingerprint density at radius 1 is 1.53 bits per heavy atom. The van der Waals surface area contributed by atoms with Crippen molar-refractivity contribution < 1.29 is 20.1 Å². The number of aliphatic carboxylic acids is 1. The minimum atomic E-state index is -1.40. The molecule has 0 aromatic heterocycles. The maximum atomic E-state index is 10.6. The lowest BCUT2D eigenvalue weighted by Crippen LogP contribution is -2.40. The number of carboxylic acids is 1. The minimum Gasteiger partial charge on any atom is -0.508 e. The summed E-state index contributed by atoms with van der Waals surface area (Å²) < 4.78 is 0. The van der Waals surface area contributed by atoms with E-state index in [1.54, 1.807) is 20.8 Å². The summed E-state index contributed by atoms with van der Waals surface area (Å²) in [6.07, 6.45) is 1.07. The quantitative estimate of drug-likeness (QED) is 0.650. The zero-order chi connectivity index (χ0) is 11.8. The van der Waals surface area contributed by atoms with Crippen LogP contribution in [0.4, 0.5) is 0 Å². The summed E-state index contributed by atoms with van der Waals surface area (Å²) >= 11 is 0. The second kappa shape index (κ2) is 3.70. The zero-order valence-corrected chi connectivity index (χ0v) is 9.11. The van der Waals surface area contributed by atoms with E-state index in [4.69, 9.17) is 5.11 Å². The molecule has 0 saturated heterocycles. The summed E-state index contributed by atoms with van der Waals surface area (Å²) in [5, 5.41) is 28.5. The Bertz CT molecular complexity index is 354. The highest BCUT2D eigenvalue weighted by atomic mass is 16.4. The van der Waals surface area contributed by atoms with Gasteiger partial charge in [-0.1, -0.05) is 6.92 Å². The molecule has 2 unspecified atom stereocenters. The fraction of sp³-hybridized carbons (Fsp3) is 0.545. The van der Waals surface area contributed by atoms with Gasteiger partial charge in [0.1, 0.15) is 11.4 Å². The van der Waals surface area contributed by atoms with E-state index in [9.17, 15) is 15.0 Å². The standard InChI is InChI=1S/C11H16O4/c1-6-4-11(15,5-9(12)13)8(3)7(2)10(6)14/h4,8,14-15H,5H2,1-3H3,(H,12,13). The summed E-state index contributed by atoms with van der Waals surface area (Å²) in [5.74, 6) is -1.29. The summed E-state index contributed by atoms with van der Waals surface area (Å²) in [6.45, 7) is 5.05. The van der Waals surface area contributed by atoms with Gasteiger partial charge >= 0.3 is 5.97 Å². The summed E-state index contributed by atoms with van der Waals surface area (Å²) in [4.78, 5) is 10.6. The predicted molar refractivity (Wildman–Crippen MR) is 55.5 cm³/mol. The van der Waals surface area contributed by atoms with Crippen LogP contribution in [0.15, 0.2) is 23.0 Å². The van der Waals surface area contributed by atoms with E-state index in [0.29, 0.717) is 11.1 Å². The molecule has 4 heteroatoms. The third kappa shape index (κ3) is 2.04. The predicted octanol–water partition coefficient (Wildman–Crippen LogP) is 1.62. The first-order chi connectivity index (χ1) is 6.78. The number of allylic oxidation sites excluding steroid dienone is 1. The van der Waals surface area contributed by atoms with Crippen molar-refractivity contribution in [3.8, 4) is 0 Å². The van der Waals surface area contributed by atoms with Gasteiger partial charge in [-0.15, -0.1) is 0 Å². The largest absolute Gasteiger partial charge is 0.508 e. The van der Waals surface area contributed by atoms with Crippen molar-refractivity contribution in [2.24, 2.45) is 5.92 Å². The molecule has 0 aromatic rings. The molecule has 0 aliphatic heterocycles. The zero-order valence-electron chi connectivity index (χ0n) is 9.11. The van der Waals surface area contributed by atoms with Crippen molar-refractivity contribution in [1.82, 2.24) is 0 Å². The molecule has 0 spiro atoms. The second-order valence-corrected chi connectivity index (χ2v) is 4.14. The average molecular weight is 212 g/mol. The molecule has 15 heavy (non-hydrogen) atoms. The molecular weight excluding hydrogens is 196 g/mol. The van der Waals surface area contributed by atoms with E-state index in [1.807, 2.05) is 0 Å². The van der Waals surface area contributed by atoms with Gasteiger partial charge in [0.15, 0.2) is 0 Å². The number of hydrogen-bond donors (Lipinski definition) is 3. The summed E-state index contributed by atoms with van der Waals surface area (Å²) in [5.41, 5.74) is -0.250. The first kappa shape index (κ1) is 11.8. The van der Waals surface area contributed by atoms with Crippen LogP contribution in [-0.2, 0) is 4.79 Å². The molecule has 0 saturated carbocycles. The number of carbonyl (C=O) groups is 1. The van der Waals surface area contributed by atoms with Crippen LogP contribution in [0, 0.1) is 5.92 Å². The van der Waals surface area contributed by atoms with Gasteiger partial charge in [-0.05, 0) is 31.1 Å². The second-order valence-electron chi connectivity index (χ2n) is 4.14. The lowest BCUT2D eigenvalue weighted by atomic mass is 9.75. The maximum absolute atomic E-state index is 10.6. The fourth-order valence-corrected chi connectivity index (χ4v) is 1.91. The van der Waals surface area contributed by atoms with Gasteiger partial charge < -0.3 is 15.3 Å². The Kier molecular flexibility index (Phi) is 2.90. The van der Waals surface area contributed by atoms with Gasteiger partial charge in [0.2, 0.25) is 0 Å². The van der Waals surface area contributed by atoms with E-state index in [1.165, 1.54) is 6.08 Å². The van der Waals surface area contributed by atoms with Crippen molar-refractivity contribution in [3.63, 3.8) is 0 Å². The molecule has 1 aliphatic carbocycles. The summed E-state index contributed by atoms with van der Waals surface area (Å²) in [7, 11) is 0. The molecule has 0 bridgehead atoms. The number of rotatable bonds is 2. The normalized spacial score (nSPS) is 31.5. The molecule has 0 aromatic carbocycles. The molecule has 0 radical (unpaired) electrons. The van der Waals surface area contributed by atoms with Gasteiger partial charge in [-0.3, -0.25) is 4.79 Å². The van der Waals surface area contributed by atoms with Crippen LogP contribution in [0.3, 0.4) is 0 Å². The minimum absolute atomic E-state index is 0.151. The van der Waals surface area contributed by atoms with Crippen LogP contribution in [0.1, 0.15) is 27.2 Å². The van der Waals surface area contributed by atoms with Gasteiger partial charge in [0.25, 0.3) is 0 Å². The van der Waals surface area contributed by atoms with Gasteiger partial charge in [-0.2, -0.15) is 0 Å². The molecular formula is C11H16O4. The van der Waals surface area contributed by atoms with Crippen LogP contribution < -0.4 is 0 Å². The molecule has 2 atom stereocenters. The van der Waals surface area contributed by atoms with E-state index in [2.05, 4.69) is 0 Å². The first-order valence-corrected chi connectivity index (χ1v) is 4.81. The number of aliphatic hydroxyl groups excluding tert-OH is 1. The number of aliphatic hydroxyl groups is 2. The highest BCUT2D eigenvalue weighted by Crippen LogP contribution is 2.37. The molecule has 0 fully saturated rings. The van der Waals surface area contributed by atoms with Crippen molar-refractivity contribution >= 4 is 5.97 Å². The molecule has 4 nitrogen and oxygen atoms in total.